The van der Waals surface area contributed by atoms with Gasteiger partial charge in [0.1, 0.15) is 0 Å². The van der Waals surface area contributed by atoms with Gasteiger partial charge in [-0.1, -0.05) is 0 Å². The fourth-order valence-corrected chi connectivity index (χ4v) is 3.25. The lowest BCUT2D eigenvalue weighted by Crippen LogP contribution is -2.42. The molecule has 2 aromatic heterocycles. The van der Waals surface area contributed by atoms with Crippen LogP contribution in [-0.2, 0) is 17.7 Å². The summed E-state index contributed by atoms with van der Waals surface area (Å²) in [5, 5.41) is 4.32. The van der Waals surface area contributed by atoms with Crippen LogP contribution >= 0.6 is 11.3 Å². The molecule has 1 N–H and O–H groups in total. The van der Waals surface area contributed by atoms with Crippen molar-refractivity contribution in [3.63, 3.8) is 0 Å². The van der Waals surface area contributed by atoms with E-state index < -0.39 is 0 Å². The molecule has 0 aliphatic carbocycles. The summed E-state index contributed by atoms with van der Waals surface area (Å²) in [5.74, 6) is 0. The summed E-state index contributed by atoms with van der Waals surface area (Å²) >= 11 is 1.74. The van der Waals surface area contributed by atoms with Crippen molar-refractivity contribution in [2.45, 2.75) is 25.5 Å². The largest absolute Gasteiger partial charge is 0.376 e. The number of ether oxygens (including phenoxy) is 1. The van der Waals surface area contributed by atoms with Crippen molar-refractivity contribution in [1.82, 2.24) is 14.9 Å². The van der Waals surface area contributed by atoms with Gasteiger partial charge in [0.15, 0.2) is 0 Å². The lowest BCUT2D eigenvalue weighted by atomic mass is 10.1. The lowest BCUT2D eigenvalue weighted by molar-refractivity contribution is -0.0346. The van der Waals surface area contributed by atoms with E-state index in [-0.39, 0.29) is 11.7 Å². The number of aromatic nitrogens is 2. The first-order valence-corrected chi connectivity index (χ1v) is 8.12. The van der Waals surface area contributed by atoms with Crippen LogP contribution in [0.3, 0.4) is 0 Å². The highest BCUT2D eigenvalue weighted by Crippen LogP contribution is 2.15. The average molecular weight is 305 g/mol. The van der Waals surface area contributed by atoms with Crippen LogP contribution in [0.2, 0.25) is 0 Å². The van der Waals surface area contributed by atoms with Crippen LogP contribution in [0.5, 0.6) is 0 Å². The van der Waals surface area contributed by atoms with Gasteiger partial charge >= 0.3 is 0 Å². The number of morpholine rings is 1. The highest BCUT2D eigenvalue weighted by Gasteiger charge is 2.20. The number of nitrogens with one attached hydrogen (secondary N) is 1. The van der Waals surface area contributed by atoms with Gasteiger partial charge in [-0.05, 0) is 35.2 Å². The van der Waals surface area contributed by atoms with Gasteiger partial charge in [-0.25, -0.2) is 4.98 Å². The lowest BCUT2D eigenvalue weighted by Gasteiger charge is -2.32. The highest BCUT2D eigenvalue weighted by molar-refractivity contribution is 7.07. The number of nitrogens with zero attached hydrogens (tertiary/aromatic N) is 2. The molecule has 1 fully saturated rings. The van der Waals surface area contributed by atoms with Gasteiger partial charge in [0, 0.05) is 31.4 Å². The monoisotopic (exact) mass is 305 g/mol. The molecule has 0 radical (unpaired) electrons. The molecule has 5 nitrogen and oxygen atoms in total. The molecule has 1 saturated heterocycles. The molecular formula is C15H19N3O2S. The van der Waals surface area contributed by atoms with E-state index in [1.165, 1.54) is 11.9 Å². The van der Waals surface area contributed by atoms with E-state index in [9.17, 15) is 4.79 Å². The molecule has 1 atom stereocenters. The summed E-state index contributed by atoms with van der Waals surface area (Å²) in [5.41, 5.74) is 2.11. The van der Waals surface area contributed by atoms with Crippen molar-refractivity contribution in [2.75, 3.05) is 19.7 Å². The van der Waals surface area contributed by atoms with Gasteiger partial charge in [-0.2, -0.15) is 11.3 Å². The molecule has 2 aromatic rings. The van der Waals surface area contributed by atoms with Crippen molar-refractivity contribution in [1.29, 1.82) is 0 Å². The van der Waals surface area contributed by atoms with E-state index in [1.807, 2.05) is 0 Å². The SMILES string of the molecule is O=c1cc(CC[C@@H]2CN(Cc3ccsc3)CCO2)nc[nH]1. The quantitative estimate of drug-likeness (QED) is 0.913. The Hall–Kier alpha value is -1.50. The van der Waals surface area contributed by atoms with Gasteiger partial charge in [0.25, 0.3) is 5.56 Å². The van der Waals surface area contributed by atoms with Crippen LogP contribution in [-0.4, -0.2) is 40.7 Å². The van der Waals surface area contributed by atoms with Crippen LogP contribution in [0, 0.1) is 0 Å². The number of thiophene rings is 1. The minimum absolute atomic E-state index is 0.0938. The molecule has 1 aliphatic rings. The maximum absolute atomic E-state index is 11.2. The molecule has 0 aromatic carbocycles. The summed E-state index contributed by atoms with van der Waals surface area (Å²) in [6.07, 6.45) is 3.36. The molecule has 3 rings (SSSR count). The zero-order chi connectivity index (χ0) is 14.5. The summed E-state index contributed by atoms with van der Waals surface area (Å²) in [6.45, 7) is 3.69. The number of aromatic amines is 1. The first kappa shape index (κ1) is 14.4. The Labute approximate surface area is 127 Å². The maximum atomic E-state index is 11.2. The normalized spacial score (nSPS) is 19.7. The van der Waals surface area contributed by atoms with E-state index in [0.29, 0.717) is 0 Å². The standard InChI is InChI=1S/C15H19N3O2S/c19-15-7-13(16-11-17-15)1-2-14-9-18(4-5-20-14)8-12-3-6-21-10-12/h3,6-7,10-11,14H,1-2,4-5,8-9H2,(H,16,17,19)/t14-/m1/s1. The zero-order valence-electron chi connectivity index (χ0n) is 11.8. The molecule has 1 aliphatic heterocycles. The topological polar surface area (TPSA) is 58.2 Å². The van der Waals surface area contributed by atoms with Crippen LogP contribution in [0.25, 0.3) is 0 Å². The predicted molar refractivity (Wildman–Crippen MR) is 82.5 cm³/mol. The van der Waals surface area contributed by atoms with Gasteiger partial charge in [0.05, 0.1) is 19.0 Å². The van der Waals surface area contributed by atoms with E-state index in [1.54, 1.807) is 17.4 Å². The molecule has 3 heterocycles. The molecular weight excluding hydrogens is 286 g/mol. The third kappa shape index (κ3) is 4.23. The van der Waals surface area contributed by atoms with Crippen molar-refractivity contribution >= 4 is 11.3 Å². The van der Waals surface area contributed by atoms with Gasteiger partial charge in [-0.15, -0.1) is 0 Å². The molecule has 21 heavy (non-hydrogen) atoms. The van der Waals surface area contributed by atoms with Crippen LogP contribution in [0.1, 0.15) is 17.7 Å². The predicted octanol–water partition coefficient (Wildman–Crippen LogP) is 1.67. The summed E-state index contributed by atoms with van der Waals surface area (Å²) < 4.78 is 5.83. The third-order valence-electron chi connectivity index (χ3n) is 3.67. The second-order valence-electron chi connectivity index (χ2n) is 5.30. The molecule has 0 bridgehead atoms. The molecule has 0 amide bonds. The smallest absolute Gasteiger partial charge is 0.250 e. The Bertz CT molecular complexity index is 611. The Morgan fingerprint density at radius 3 is 3.29 bits per heavy atom. The van der Waals surface area contributed by atoms with Crippen LogP contribution in [0.4, 0.5) is 0 Å². The minimum atomic E-state index is -0.0938. The average Bonchev–Trinajstić information content (AvgIpc) is 2.99. The Morgan fingerprint density at radius 2 is 2.48 bits per heavy atom. The number of hydrogen-bond donors (Lipinski definition) is 1. The Morgan fingerprint density at radius 1 is 1.52 bits per heavy atom. The number of aryl methyl sites for hydroxylation is 1. The fraction of sp³-hybridized carbons (Fsp3) is 0.467. The van der Waals surface area contributed by atoms with Crippen LogP contribution in [0.15, 0.2) is 34.0 Å². The number of hydrogen-bond acceptors (Lipinski definition) is 5. The molecule has 112 valence electrons. The summed E-state index contributed by atoms with van der Waals surface area (Å²) in [4.78, 5) is 20.4. The third-order valence-corrected chi connectivity index (χ3v) is 4.40. The van der Waals surface area contributed by atoms with Crippen molar-refractivity contribution in [3.05, 3.63) is 50.8 Å². The van der Waals surface area contributed by atoms with Crippen molar-refractivity contribution in [3.8, 4) is 0 Å². The molecule has 0 unspecified atom stereocenters. The fourth-order valence-electron chi connectivity index (χ4n) is 2.59. The molecule has 0 spiro atoms. The van der Waals surface area contributed by atoms with E-state index in [2.05, 4.69) is 31.7 Å². The highest BCUT2D eigenvalue weighted by atomic mass is 32.1. The Balaban J connectivity index is 1.50. The minimum Gasteiger partial charge on any atom is -0.376 e. The first-order chi connectivity index (χ1) is 10.3. The zero-order valence-corrected chi connectivity index (χ0v) is 12.6. The molecule has 0 saturated carbocycles. The number of H-pyrrole nitrogens is 1. The van der Waals surface area contributed by atoms with E-state index >= 15 is 0 Å². The summed E-state index contributed by atoms with van der Waals surface area (Å²) in [7, 11) is 0. The van der Waals surface area contributed by atoms with E-state index in [0.717, 1.165) is 44.8 Å². The van der Waals surface area contributed by atoms with Gasteiger partial charge in [-0.3, -0.25) is 9.69 Å². The summed E-state index contributed by atoms with van der Waals surface area (Å²) in [6, 6.07) is 3.74. The molecule has 6 heteroatoms. The second kappa shape index (κ2) is 6.98. The maximum Gasteiger partial charge on any atom is 0.250 e. The van der Waals surface area contributed by atoms with Crippen molar-refractivity contribution in [2.24, 2.45) is 0 Å². The first-order valence-electron chi connectivity index (χ1n) is 7.18. The second-order valence-corrected chi connectivity index (χ2v) is 6.08. The number of rotatable bonds is 5. The Kier molecular flexibility index (Phi) is 4.80. The van der Waals surface area contributed by atoms with Crippen molar-refractivity contribution < 1.29 is 4.74 Å². The van der Waals surface area contributed by atoms with Gasteiger partial charge < -0.3 is 9.72 Å². The van der Waals surface area contributed by atoms with E-state index in [4.69, 9.17) is 4.74 Å². The van der Waals surface area contributed by atoms with Crippen LogP contribution < -0.4 is 5.56 Å². The van der Waals surface area contributed by atoms with Gasteiger partial charge in [0.2, 0.25) is 0 Å².